The molecule has 106 valence electrons. The highest BCUT2D eigenvalue weighted by Crippen LogP contribution is 2.34. The van der Waals surface area contributed by atoms with E-state index in [9.17, 15) is 5.11 Å². The van der Waals surface area contributed by atoms with Gasteiger partial charge in [-0.3, -0.25) is 0 Å². The van der Waals surface area contributed by atoms with Crippen LogP contribution in [-0.2, 0) is 0 Å². The Labute approximate surface area is 120 Å². The number of rotatable bonds is 4. The molecule has 3 nitrogen and oxygen atoms in total. The number of halogens is 1. The van der Waals surface area contributed by atoms with Gasteiger partial charge >= 0.3 is 0 Å². The van der Waals surface area contributed by atoms with Crippen molar-refractivity contribution in [2.75, 3.05) is 17.6 Å². The maximum Gasteiger partial charge on any atom is 0.0819 e. The minimum atomic E-state index is -0.599. The average molecular weight is 283 g/mol. The van der Waals surface area contributed by atoms with Crippen LogP contribution in [0.25, 0.3) is 0 Å². The van der Waals surface area contributed by atoms with E-state index in [1.54, 1.807) is 12.1 Å². The lowest BCUT2D eigenvalue weighted by molar-refractivity contribution is 0.00231. The number of nitrogens with two attached hydrogens (primary N) is 1. The molecular weight excluding hydrogens is 260 g/mol. The summed E-state index contributed by atoms with van der Waals surface area (Å²) in [6, 6.07) is 5.39. The molecule has 1 aromatic rings. The SMILES string of the molecule is CCC1CCC(O)(CNc2ccc(Cl)cc2N)CC1. The first-order valence-electron chi connectivity index (χ1n) is 7.04. The fourth-order valence-electron chi connectivity index (χ4n) is 2.75. The largest absolute Gasteiger partial charge is 0.397 e. The quantitative estimate of drug-likeness (QED) is 0.739. The second-order valence-corrected chi connectivity index (χ2v) is 6.10. The van der Waals surface area contributed by atoms with E-state index in [1.807, 2.05) is 6.07 Å². The molecule has 19 heavy (non-hydrogen) atoms. The van der Waals surface area contributed by atoms with Crippen molar-refractivity contribution in [1.29, 1.82) is 0 Å². The molecule has 0 unspecified atom stereocenters. The van der Waals surface area contributed by atoms with Crippen molar-refractivity contribution in [3.05, 3.63) is 23.2 Å². The molecule has 1 aromatic carbocycles. The summed E-state index contributed by atoms with van der Waals surface area (Å²) >= 11 is 5.87. The molecule has 0 saturated heterocycles. The average Bonchev–Trinajstić information content (AvgIpc) is 2.39. The van der Waals surface area contributed by atoms with Crippen LogP contribution >= 0.6 is 11.6 Å². The van der Waals surface area contributed by atoms with E-state index in [4.69, 9.17) is 17.3 Å². The van der Waals surface area contributed by atoms with E-state index in [1.165, 1.54) is 6.42 Å². The summed E-state index contributed by atoms with van der Waals surface area (Å²) in [5.74, 6) is 0.779. The van der Waals surface area contributed by atoms with Crippen molar-refractivity contribution in [3.8, 4) is 0 Å². The minimum absolute atomic E-state index is 0.551. The van der Waals surface area contributed by atoms with Crippen molar-refractivity contribution in [3.63, 3.8) is 0 Å². The molecule has 0 atom stereocenters. The number of benzene rings is 1. The van der Waals surface area contributed by atoms with E-state index in [0.717, 1.165) is 37.3 Å². The molecule has 1 aliphatic carbocycles. The normalized spacial score (nSPS) is 27.2. The van der Waals surface area contributed by atoms with E-state index < -0.39 is 5.60 Å². The van der Waals surface area contributed by atoms with Gasteiger partial charge in [-0.05, 0) is 49.8 Å². The van der Waals surface area contributed by atoms with Crippen LogP contribution in [0, 0.1) is 5.92 Å². The summed E-state index contributed by atoms with van der Waals surface area (Å²) in [7, 11) is 0. The van der Waals surface area contributed by atoms with Gasteiger partial charge in [0.15, 0.2) is 0 Å². The third kappa shape index (κ3) is 3.77. The van der Waals surface area contributed by atoms with Crippen molar-refractivity contribution >= 4 is 23.0 Å². The lowest BCUT2D eigenvalue weighted by atomic mass is 9.78. The lowest BCUT2D eigenvalue weighted by Gasteiger charge is -2.36. The monoisotopic (exact) mass is 282 g/mol. The Morgan fingerprint density at radius 1 is 1.42 bits per heavy atom. The van der Waals surface area contributed by atoms with Gasteiger partial charge in [-0.2, -0.15) is 0 Å². The third-order valence-electron chi connectivity index (χ3n) is 4.23. The summed E-state index contributed by atoms with van der Waals surface area (Å²) in [4.78, 5) is 0. The molecule has 1 aliphatic rings. The van der Waals surface area contributed by atoms with Crippen LogP contribution in [0.4, 0.5) is 11.4 Å². The van der Waals surface area contributed by atoms with Crippen LogP contribution in [0.1, 0.15) is 39.0 Å². The number of aliphatic hydroxyl groups is 1. The standard InChI is InChI=1S/C15H23ClN2O/c1-2-11-5-7-15(19,8-6-11)10-18-14-4-3-12(16)9-13(14)17/h3-4,9,11,18-19H,2,5-8,10,17H2,1H3. The Bertz CT molecular complexity index is 428. The van der Waals surface area contributed by atoms with Crippen molar-refractivity contribution in [2.45, 2.75) is 44.6 Å². The number of nitrogen functional groups attached to an aromatic ring is 1. The zero-order chi connectivity index (χ0) is 13.9. The molecule has 0 heterocycles. The summed E-state index contributed by atoms with van der Waals surface area (Å²) in [6.45, 7) is 2.77. The minimum Gasteiger partial charge on any atom is -0.397 e. The second kappa shape index (κ2) is 6.02. The van der Waals surface area contributed by atoms with E-state index in [-0.39, 0.29) is 0 Å². The molecule has 0 amide bonds. The second-order valence-electron chi connectivity index (χ2n) is 5.66. The van der Waals surface area contributed by atoms with Crippen molar-refractivity contribution in [1.82, 2.24) is 0 Å². The number of hydrogen-bond acceptors (Lipinski definition) is 3. The predicted molar refractivity (Wildman–Crippen MR) is 81.6 cm³/mol. The molecule has 1 saturated carbocycles. The maximum atomic E-state index is 10.6. The van der Waals surface area contributed by atoms with Gasteiger partial charge in [-0.15, -0.1) is 0 Å². The van der Waals surface area contributed by atoms with E-state index in [0.29, 0.717) is 17.3 Å². The van der Waals surface area contributed by atoms with Gasteiger partial charge in [0.1, 0.15) is 0 Å². The Hall–Kier alpha value is -0.930. The highest BCUT2D eigenvalue weighted by atomic mass is 35.5. The maximum absolute atomic E-state index is 10.6. The van der Waals surface area contributed by atoms with Crippen LogP contribution in [-0.4, -0.2) is 17.3 Å². The predicted octanol–water partition coefficient (Wildman–Crippen LogP) is 3.67. The summed E-state index contributed by atoms with van der Waals surface area (Å²) < 4.78 is 0. The van der Waals surface area contributed by atoms with E-state index in [2.05, 4.69) is 12.2 Å². The van der Waals surface area contributed by atoms with Gasteiger partial charge < -0.3 is 16.2 Å². The Balaban J connectivity index is 1.91. The summed E-state index contributed by atoms with van der Waals surface area (Å²) in [6.07, 6.45) is 5.18. The van der Waals surface area contributed by atoms with Crippen LogP contribution in [0.5, 0.6) is 0 Å². The first kappa shape index (κ1) is 14.5. The highest BCUT2D eigenvalue weighted by molar-refractivity contribution is 6.31. The van der Waals surface area contributed by atoms with Crippen LogP contribution in [0.2, 0.25) is 5.02 Å². The van der Waals surface area contributed by atoms with Gasteiger partial charge in [0.25, 0.3) is 0 Å². The van der Waals surface area contributed by atoms with Gasteiger partial charge in [0, 0.05) is 11.6 Å². The molecule has 0 radical (unpaired) electrons. The number of nitrogens with one attached hydrogen (secondary N) is 1. The summed E-state index contributed by atoms with van der Waals surface area (Å²) in [5.41, 5.74) is 6.76. The van der Waals surface area contributed by atoms with Gasteiger partial charge in [0.05, 0.1) is 17.0 Å². The van der Waals surface area contributed by atoms with Crippen LogP contribution in [0.15, 0.2) is 18.2 Å². The first-order valence-corrected chi connectivity index (χ1v) is 7.41. The topological polar surface area (TPSA) is 58.3 Å². The fraction of sp³-hybridized carbons (Fsp3) is 0.600. The molecule has 2 rings (SSSR count). The molecule has 4 heteroatoms. The molecule has 1 fully saturated rings. The molecule has 4 N–H and O–H groups in total. The van der Waals surface area contributed by atoms with Crippen molar-refractivity contribution in [2.24, 2.45) is 5.92 Å². The molecular formula is C15H23ClN2O. The van der Waals surface area contributed by atoms with Gasteiger partial charge in [-0.25, -0.2) is 0 Å². The first-order chi connectivity index (χ1) is 9.02. The molecule has 0 spiro atoms. The van der Waals surface area contributed by atoms with Gasteiger partial charge in [0.2, 0.25) is 0 Å². The summed E-state index contributed by atoms with van der Waals surface area (Å²) in [5, 5.41) is 14.4. The van der Waals surface area contributed by atoms with Crippen LogP contribution in [0.3, 0.4) is 0 Å². The zero-order valence-corrected chi connectivity index (χ0v) is 12.2. The Morgan fingerprint density at radius 3 is 2.68 bits per heavy atom. The van der Waals surface area contributed by atoms with Crippen molar-refractivity contribution < 1.29 is 5.11 Å². The molecule has 0 aromatic heterocycles. The lowest BCUT2D eigenvalue weighted by Crippen LogP contribution is -2.40. The fourth-order valence-corrected chi connectivity index (χ4v) is 2.93. The molecule has 0 aliphatic heterocycles. The highest BCUT2D eigenvalue weighted by Gasteiger charge is 2.32. The van der Waals surface area contributed by atoms with Crippen LogP contribution < -0.4 is 11.1 Å². The number of anilines is 2. The Morgan fingerprint density at radius 2 is 2.11 bits per heavy atom. The van der Waals surface area contributed by atoms with Gasteiger partial charge in [-0.1, -0.05) is 24.9 Å². The smallest absolute Gasteiger partial charge is 0.0819 e. The third-order valence-corrected chi connectivity index (χ3v) is 4.47. The number of hydrogen-bond donors (Lipinski definition) is 3. The zero-order valence-electron chi connectivity index (χ0n) is 11.5. The molecule has 0 bridgehead atoms. The Kier molecular flexibility index (Phi) is 4.58. The van der Waals surface area contributed by atoms with E-state index >= 15 is 0 Å².